The minimum absolute atomic E-state index is 0.143. The van der Waals surface area contributed by atoms with Crippen LogP contribution in [-0.4, -0.2) is 53.3 Å². The molecule has 46 heavy (non-hydrogen) atoms. The van der Waals surface area contributed by atoms with Gasteiger partial charge in [-0.1, -0.05) is 59.6 Å². The maximum atomic E-state index is 11.6. The van der Waals surface area contributed by atoms with Gasteiger partial charge < -0.3 is 25.8 Å². The van der Waals surface area contributed by atoms with E-state index in [0.717, 1.165) is 60.0 Å². The van der Waals surface area contributed by atoms with Crippen molar-refractivity contribution in [1.29, 1.82) is 0 Å². The van der Waals surface area contributed by atoms with Crippen LogP contribution in [0, 0.1) is 0 Å². The van der Waals surface area contributed by atoms with E-state index in [4.69, 9.17) is 37.9 Å². The van der Waals surface area contributed by atoms with Gasteiger partial charge in [0.2, 0.25) is 11.8 Å². The predicted molar refractivity (Wildman–Crippen MR) is 183 cm³/mol. The van der Waals surface area contributed by atoms with Crippen LogP contribution in [0.2, 0.25) is 10.0 Å². The summed E-state index contributed by atoms with van der Waals surface area (Å²) in [5.41, 5.74) is 8.18. The molecule has 0 spiro atoms. The van der Waals surface area contributed by atoms with Crippen molar-refractivity contribution in [1.82, 2.24) is 25.9 Å². The van der Waals surface area contributed by atoms with Crippen molar-refractivity contribution in [3.8, 4) is 39.5 Å². The van der Waals surface area contributed by atoms with E-state index < -0.39 is 6.10 Å². The Labute approximate surface area is 279 Å². The average Bonchev–Trinajstić information content (AvgIpc) is 3.48. The van der Waals surface area contributed by atoms with Gasteiger partial charge in [-0.2, -0.15) is 0 Å². The third kappa shape index (κ3) is 7.06. The van der Waals surface area contributed by atoms with Crippen LogP contribution in [-0.2, 0) is 17.8 Å². The van der Waals surface area contributed by atoms with Gasteiger partial charge in [0.05, 0.1) is 34.6 Å². The van der Waals surface area contributed by atoms with Crippen molar-refractivity contribution >= 4 is 29.1 Å². The molecule has 0 bridgehead atoms. The average molecular weight is 661 g/mol. The van der Waals surface area contributed by atoms with E-state index in [1.54, 1.807) is 20.2 Å². The number of pyridine rings is 2. The molecule has 1 unspecified atom stereocenters. The number of amides is 1. The molecule has 4 aromatic rings. The highest BCUT2D eigenvalue weighted by Crippen LogP contribution is 2.42. The van der Waals surface area contributed by atoms with Crippen LogP contribution in [0.5, 0.6) is 5.88 Å². The SMILES string of the molecule is COc1nc(-c2cccc(-c3ccnc(-c4ccc5c(c4)CCC[C@H]5NC[C@@H]4CCC(=O)N4)c3Cl)c2Cl)ccc1CNCC(C)O. The Kier molecular flexibility index (Phi) is 10.2. The molecule has 240 valence electrons. The summed E-state index contributed by atoms with van der Waals surface area (Å²) in [4.78, 5) is 21.1. The number of nitrogens with zero attached hydrogens (tertiary/aromatic N) is 2. The van der Waals surface area contributed by atoms with Crippen molar-refractivity contribution in [2.24, 2.45) is 0 Å². The Balaban J connectivity index is 1.26. The maximum Gasteiger partial charge on any atom is 0.220 e. The highest BCUT2D eigenvalue weighted by molar-refractivity contribution is 6.39. The van der Waals surface area contributed by atoms with E-state index in [1.165, 1.54) is 11.1 Å². The molecule has 8 nitrogen and oxygen atoms in total. The first-order chi connectivity index (χ1) is 22.3. The lowest BCUT2D eigenvalue weighted by atomic mass is 9.86. The summed E-state index contributed by atoms with van der Waals surface area (Å²) in [6.45, 7) is 3.50. The van der Waals surface area contributed by atoms with Crippen LogP contribution in [0.25, 0.3) is 33.6 Å². The number of carbonyl (C=O) groups excluding carboxylic acids is 1. The number of fused-ring (bicyclic) bond motifs is 1. The molecule has 0 saturated carbocycles. The van der Waals surface area contributed by atoms with Crippen LogP contribution < -0.4 is 20.7 Å². The first kappa shape index (κ1) is 32.4. The van der Waals surface area contributed by atoms with Crippen molar-refractivity contribution in [2.45, 2.75) is 63.8 Å². The standard InChI is InChI=1S/C36H39Cl2N5O3/c1-21(44)18-39-19-24-10-13-31(43-36(24)46-2)29-7-4-6-27(33(29)37)28-15-16-40-35(34(28)38)23-9-12-26-22(17-23)5-3-8-30(26)41-20-25-11-14-32(45)42-25/h4,6-7,9-10,12-13,15-17,21,25,30,39,41,44H,3,5,8,11,14,18-20H2,1-2H3,(H,42,45)/t21?,25-,30+/m0/s1. The van der Waals surface area contributed by atoms with Crippen molar-refractivity contribution in [3.63, 3.8) is 0 Å². The van der Waals surface area contributed by atoms with E-state index in [-0.39, 0.29) is 18.0 Å². The summed E-state index contributed by atoms with van der Waals surface area (Å²) in [6.07, 6.45) is 5.99. The molecule has 0 radical (unpaired) electrons. The first-order valence-corrected chi connectivity index (χ1v) is 16.6. The summed E-state index contributed by atoms with van der Waals surface area (Å²) in [6, 6.07) is 18.6. The summed E-state index contributed by atoms with van der Waals surface area (Å²) in [7, 11) is 1.59. The van der Waals surface area contributed by atoms with Crippen molar-refractivity contribution in [3.05, 3.63) is 87.5 Å². The monoisotopic (exact) mass is 659 g/mol. The van der Waals surface area contributed by atoms with E-state index in [0.29, 0.717) is 46.8 Å². The fourth-order valence-corrected chi connectivity index (χ4v) is 7.07. The molecule has 2 aromatic heterocycles. The number of ether oxygens (including phenoxy) is 1. The van der Waals surface area contributed by atoms with Gasteiger partial charge in [0.15, 0.2) is 0 Å². The Morgan fingerprint density at radius 2 is 1.87 bits per heavy atom. The molecule has 2 aliphatic rings. The van der Waals surface area contributed by atoms with Gasteiger partial charge in [-0.3, -0.25) is 9.78 Å². The van der Waals surface area contributed by atoms with Crippen LogP contribution >= 0.6 is 23.2 Å². The molecular formula is C36H39Cl2N5O3. The number of nitrogens with one attached hydrogen (secondary N) is 3. The van der Waals surface area contributed by atoms with Gasteiger partial charge in [-0.05, 0) is 61.9 Å². The third-order valence-corrected chi connectivity index (χ3v) is 9.56. The lowest BCUT2D eigenvalue weighted by molar-refractivity contribution is -0.119. The second-order valence-electron chi connectivity index (χ2n) is 12.1. The Bertz CT molecular complexity index is 1730. The lowest BCUT2D eigenvalue weighted by Crippen LogP contribution is -2.38. The Morgan fingerprint density at radius 1 is 1.04 bits per heavy atom. The highest BCUT2D eigenvalue weighted by Gasteiger charge is 2.25. The number of hydrogen-bond donors (Lipinski definition) is 4. The molecule has 1 amide bonds. The van der Waals surface area contributed by atoms with Gasteiger partial charge in [-0.15, -0.1) is 0 Å². The quantitative estimate of drug-likeness (QED) is 0.145. The summed E-state index contributed by atoms with van der Waals surface area (Å²) < 4.78 is 5.59. The van der Waals surface area contributed by atoms with Crippen molar-refractivity contribution < 1.29 is 14.6 Å². The fourth-order valence-electron chi connectivity index (χ4n) is 6.43. The van der Waals surface area contributed by atoms with Crippen LogP contribution in [0.3, 0.4) is 0 Å². The normalized spacial score (nSPS) is 18.2. The van der Waals surface area contributed by atoms with E-state index in [1.807, 2.05) is 36.4 Å². The third-order valence-electron chi connectivity index (χ3n) is 8.77. The van der Waals surface area contributed by atoms with E-state index in [2.05, 4.69) is 34.1 Å². The van der Waals surface area contributed by atoms with Crippen LogP contribution in [0.1, 0.15) is 55.3 Å². The van der Waals surface area contributed by atoms with E-state index >= 15 is 0 Å². The van der Waals surface area contributed by atoms with Gasteiger partial charge in [0.25, 0.3) is 0 Å². The number of aliphatic hydroxyl groups is 1. The number of halogens is 2. The zero-order valence-electron chi connectivity index (χ0n) is 26.1. The van der Waals surface area contributed by atoms with Crippen LogP contribution in [0.4, 0.5) is 0 Å². The molecule has 4 N–H and O–H groups in total. The summed E-state index contributed by atoms with van der Waals surface area (Å²) in [5.74, 6) is 0.640. The number of rotatable bonds is 11. The summed E-state index contributed by atoms with van der Waals surface area (Å²) in [5, 5.41) is 20.6. The number of aliphatic hydroxyl groups excluding tert-OH is 1. The van der Waals surface area contributed by atoms with Crippen LogP contribution in [0.15, 0.2) is 60.8 Å². The number of aromatic nitrogens is 2. The number of methoxy groups -OCH3 is 1. The number of hydrogen-bond acceptors (Lipinski definition) is 7. The zero-order valence-corrected chi connectivity index (χ0v) is 27.6. The Hall–Kier alpha value is -3.53. The maximum absolute atomic E-state index is 11.6. The fraction of sp³-hybridized carbons (Fsp3) is 0.361. The van der Waals surface area contributed by atoms with E-state index in [9.17, 15) is 9.90 Å². The zero-order chi connectivity index (χ0) is 32.2. The molecule has 2 aromatic carbocycles. The smallest absolute Gasteiger partial charge is 0.220 e. The number of carbonyl (C=O) groups is 1. The lowest BCUT2D eigenvalue weighted by Gasteiger charge is -2.28. The Morgan fingerprint density at radius 3 is 2.65 bits per heavy atom. The number of benzene rings is 2. The minimum Gasteiger partial charge on any atom is -0.481 e. The van der Waals surface area contributed by atoms with Gasteiger partial charge in [0, 0.05) is 72.2 Å². The minimum atomic E-state index is -0.443. The molecule has 10 heteroatoms. The molecular weight excluding hydrogens is 621 g/mol. The summed E-state index contributed by atoms with van der Waals surface area (Å²) >= 11 is 14.2. The van der Waals surface area contributed by atoms with Crippen molar-refractivity contribution in [2.75, 3.05) is 20.2 Å². The second kappa shape index (κ2) is 14.5. The molecule has 1 fully saturated rings. The molecule has 1 aliphatic heterocycles. The topological polar surface area (TPSA) is 108 Å². The first-order valence-electron chi connectivity index (χ1n) is 15.8. The predicted octanol–water partition coefficient (Wildman–Crippen LogP) is 6.51. The van der Waals surface area contributed by atoms with Gasteiger partial charge in [0.1, 0.15) is 0 Å². The largest absolute Gasteiger partial charge is 0.481 e. The molecule has 3 atom stereocenters. The number of aryl methyl sites for hydroxylation is 1. The highest BCUT2D eigenvalue weighted by atomic mass is 35.5. The van der Waals surface area contributed by atoms with Gasteiger partial charge >= 0.3 is 0 Å². The molecule has 1 aliphatic carbocycles. The molecule has 3 heterocycles. The molecule has 1 saturated heterocycles. The molecule has 6 rings (SSSR count). The van der Waals surface area contributed by atoms with Gasteiger partial charge in [-0.25, -0.2) is 4.98 Å². The second-order valence-corrected chi connectivity index (χ2v) is 12.9.